The highest BCUT2D eigenvalue weighted by Crippen LogP contribution is 2.30. The summed E-state index contributed by atoms with van der Waals surface area (Å²) >= 11 is 0. The van der Waals surface area contributed by atoms with Gasteiger partial charge in [0.05, 0.1) is 0 Å². The Balaban J connectivity index is 1.48. The third-order valence-corrected chi connectivity index (χ3v) is 5.22. The number of piperazine rings is 1. The molecule has 2 aromatic carbocycles. The van der Waals surface area contributed by atoms with Gasteiger partial charge in [-0.2, -0.15) is 0 Å². The zero-order valence-corrected chi connectivity index (χ0v) is 14.8. The zero-order valence-electron chi connectivity index (χ0n) is 14.8. The van der Waals surface area contributed by atoms with Crippen LogP contribution in [-0.4, -0.2) is 47.4 Å². The number of nitrogens with zero attached hydrogens (tertiary/aromatic N) is 4. The van der Waals surface area contributed by atoms with Gasteiger partial charge in [-0.25, -0.2) is 9.97 Å². The molecule has 0 amide bonds. The summed E-state index contributed by atoms with van der Waals surface area (Å²) in [6, 6.07) is 16.1. The van der Waals surface area contributed by atoms with E-state index < -0.39 is 0 Å². The molecule has 0 saturated carbocycles. The number of fused-ring (bicyclic) bond motifs is 3. The molecular formula is C21H19N5O. The zero-order chi connectivity index (χ0) is 18.2. The molecule has 27 heavy (non-hydrogen) atoms. The van der Waals surface area contributed by atoms with Gasteiger partial charge in [-0.3, -0.25) is 4.79 Å². The third kappa shape index (κ3) is 2.70. The Morgan fingerprint density at radius 1 is 0.926 bits per heavy atom. The number of para-hydroxylation sites is 1. The van der Waals surface area contributed by atoms with Crippen LogP contribution >= 0.6 is 0 Å². The molecule has 0 unspecified atom stereocenters. The fourth-order valence-electron chi connectivity index (χ4n) is 3.83. The van der Waals surface area contributed by atoms with Crippen molar-refractivity contribution >= 4 is 39.7 Å². The fraction of sp³-hybridized carbons (Fsp3) is 0.190. The lowest BCUT2D eigenvalue weighted by Gasteiger charge is -2.36. The van der Waals surface area contributed by atoms with Crippen molar-refractivity contribution in [3.8, 4) is 0 Å². The molecular weight excluding hydrogens is 338 g/mol. The molecule has 4 aromatic rings. The van der Waals surface area contributed by atoms with Crippen LogP contribution in [0, 0.1) is 0 Å². The van der Waals surface area contributed by atoms with E-state index in [4.69, 9.17) is 0 Å². The molecule has 2 aromatic heterocycles. The van der Waals surface area contributed by atoms with Crippen molar-refractivity contribution in [3.05, 3.63) is 60.4 Å². The van der Waals surface area contributed by atoms with Crippen molar-refractivity contribution in [2.75, 3.05) is 36.0 Å². The Morgan fingerprint density at radius 2 is 1.70 bits per heavy atom. The van der Waals surface area contributed by atoms with Crippen LogP contribution < -0.4 is 9.80 Å². The van der Waals surface area contributed by atoms with Crippen LogP contribution in [-0.2, 0) is 0 Å². The van der Waals surface area contributed by atoms with Crippen LogP contribution in [0.3, 0.4) is 0 Å². The first-order valence-corrected chi connectivity index (χ1v) is 9.10. The Bertz CT molecular complexity index is 1110. The first-order chi connectivity index (χ1) is 13.3. The van der Waals surface area contributed by atoms with Crippen LogP contribution in [0.5, 0.6) is 0 Å². The molecule has 0 atom stereocenters. The number of rotatable bonds is 3. The van der Waals surface area contributed by atoms with Gasteiger partial charge in [0.2, 0.25) is 0 Å². The van der Waals surface area contributed by atoms with Crippen LogP contribution in [0.2, 0.25) is 0 Å². The number of hydrogen-bond donors (Lipinski definition) is 1. The molecule has 1 fully saturated rings. The number of nitrogens with one attached hydrogen (secondary N) is 1. The lowest BCUT2D eigenvalue weighted by molar-refractivity contribution is 0.112. The summed E-state index contributed by atoms with van der Waals surface area (Å²) in [6.07, 6.45) is 2.48. The van der Waals surface area contributed by atoms with E-state index in [1.807, 2.05) is 24.3 Å². The van der Waals surface area contributed by atoms with Crippen molar-refractivity contribution in [3.63, 3.8) is 0 Å². The van der Waals surface area contributed by atoms with Crippen LogP contribution in [0.4, 0.5) is 11.5 Å². The second-order valence-electron chi connectivity index (χ2n) is 6.78. The van der Waals surface area contributed by atoms with E-state index in [9.17, 15) is 4.79 Å². The summed E-state index contributed by atoms with van der Waals surface area (Å²) in [4.78, 5) is 28.3. The van der Waals surface area contributed by atoms with Gasteiger partial charge in [-0.1, -0.05) is 18.2 Å². The maximum atomic E-state index is 11.1. The summed E-state index contributed by atoms with van der Waals surface area (Å²) in [6.45, 7) is 3.70. The normalized spacial score (nSPS) is 14.8. The maximum absolute atomic E-state index is 11.1. The van der Waals surface area contributed by atoms with Crippen LogP contribution in [0.25, 0.3) is 21.9 Å². The monoisotopic (exact) mass is 357 g/mol. The average molecular weight is 357 g/mol. The van der Waals surface area contributed by atoms with E-state index in [0.29, 0.717) is 5.56 Å². The van der Waals surface area contributed by atoms with Gasteiger partial charge in [0.1, 0.15) is 23.6 Å². The second-order valence-corrected chi connectivity index (χ2v) is 6.78. The predicted octanol–water partition coefficient (Wildman–Crippen LogP) is 3.25. The Hall–Kier alpha value is -3.41. The number of hydrogen-bond acceptors (Lipinski definition) is 5. The van der Waals surface area contributed by atoms with Crippen molar-refractivity contribution in [1.29, 1.82) is 0 Å². The summed E-state index contributed by atoms with van der Waals surface area (Å²) < 4.78 is 0. The standard InChI is InChI=1S/C21H19N5O/c27-13-15-6-7-18-17(12-15)19-20(24-18)21(23-14-22-19)26-10-8-25(9-11-26)16-4-2-1-3-5-16/h1-7,12-14,24H,8-11H2. The summed E-state index contributed by atoms with van der Waals surface area (Å²) in [7, 11) is 0. The van der Waals surface area contributed by atoms with Gasteiger partial charge in [0, 0.05) is 48.3 Å². The number of anilines is 2. The number of benzene rings is 2. The quantitative estimate of drug-likeness (QED) is 0.570. The van der Waals surface area contributed by atoms with Gasteiger partial charge in [-0.15, -0.1) is 0 Å². The number of carbonyl (C=O) groups is 1. The molecule has 0 bridgehead atoms. The minimum Gasteiger partial charge on any atom is -0.368 e. The SMILES string of the molecule is O=Cc1ccc2[nH]c3c(N4CCN(c5ccccc5)CC4)ncnc3c2c1. The molecule has 3 heterocycles. The van der Waals surface area contributed by atoms with E-state index in [1.165, 1.54) is 5.69 Å². The summed E-state index contributed by atoms with van der Waals surface area (Å²) in [5, 5.41) is 0.959. The van der Waals surface area contributed by atoms with Crippen LogP contribution in [0.1, 0.15) is 10.4 Å². The lowest BCUT2D eigenvalue weighted by Crippen LogP contribution is -2.46. The molecule has 5 rings (SSSR count). The molecule has 1 aliphatic rings. The summed E-state index contributed by atoms with van der Waals surface area (Å²) in [5.41, 5.74) is 4.69. The van der Waals surface area contributed by atoms with E-state index in [0.717, 1.165) is 60.2 Å². The fourth-order valence-corrected chi connectivity index (χ4v) is 3.83. The predicted molar refractivity (Wildman–Crippen MR) is 108 cm³/mol. The Kier molecular flexibility index (Phi) is 3.74. The first kappa shape index (κ1) is 15.8. The van der Waals surface area contributed by atoms with E-state index in [2.05, 4.69) is 49.0 Å². The summed E-state index contributed by atoms with van der Waals surface area (Å²) in [5.74, 6) is 0.927. The van der Waals surface area contributed by atoms with Crippen LogP contribution in [0.15, 0.2) is 54.9 Å². The molecule has 6 heteroatoms. The highest BCUT2D eigenvalue weighted by Gasteiger charge is 2.21. The molecule has 0 spiro atoms. The number of aromatic amines is 1. The van der Waals surface area contributed by atoms with Crippen molar-refractivity contribution in [2.24, 2.45) is 0 Å². The van der Waals surface area contributed by atoms with Gasteiger partial charge in [0.15, 0.2) is 5.82 Å². The minimum absolute atomic E-state index is 0.653. The highest BCUT2D eigenvalue weighted by molar-refractivity contribution is 6.09. The van der Waals surface area contributed by atoms with E-state index in [1.54, 1.807) is 6.33 Å². The molecule has 0 aliphatic carbocycles. The van der Waals surface area contributed by atoms with Gasteiger partial charge in [-0.05, 0) is 30.3 Å². The molecule has 6 nitrogen and oxygen atoms in total. The third-order valence-electron chi connectivity index (χ3n) is 5.22. The number of aldehydes is 1. The Morgan fingerprint density at radius 3 is 2.48 bits per heavy atom. The largest absolute Gasteiger partial charge is 0.368 e. The smallest absolute Gasteiger partial charge is 0.156 e. The average Bonchev–Trinajstić information content (AvgIpc) is 3.12. The van der Waals surface area contributed by atoms with Gasteiger partial charge >= 0.3 is 0 Å². The Labute approximate surface area is 156 Å². The van der Waals surface area contributed by atoms with E-state index in [-0.39, 0.29) is 0 Å². The molecule has 1 aliphatic heterocycles. The topological polar surface area (TPSA) is 65.1 Å². The molecule has 1 saturated heterocycles. The number of H-pyrrole nitrogens is 1. The van der Waals surface area contributed by atoms with Crippen molar-refractivity contribution in [2.45, 2.75) is 0 Å². The molecule has 134 valence electrons. The maximum Gasteiger partial charge on any atom is 0.156 e. The number of aromatic nitrogens is 3. The second kappa shape index (κ2) is 6.39. The molecule has 0 radical (unpaired) electrons. The van der Waals surface area contributed by atoms with Crippen molar-refractivity contribution in [1.82, 2.24) is 15.0 Å². The minimum atomic E-state index is 0.653. The molecule has 1 N–H and O–H groups in total. The lowest BCUT2D eigenvalue weighted by atomic mass is 10.1. The van der Waals surface area contributed by atoms with Gasteiger partial charge < -0.3 is 14.8 Å². The first-order valence-electron chi connectivity index (χ1n) is 9.10. The highest BCUT2D eigenvalue weighted by atomic mass is 16.1. The number of carbonyl (C=O) groups excluding carboxylic acids is 1. The van der Waals surface area contributed by atoms with Gasteiger partial charge in [0.25, 0.3) is 0 Å². The van der Waals surface area contributed by atoms with Crippen molar-refractivity contribution < 1.29 is 4.79 Å². The van der Waals surface area contributed by atoms with E-state index >= 15 is 0 Å².